The molecule has 0 aromatic heterocycles. The zero-order valence-electron chi connectivity index (χ0n) is 8.43. The second-order valence-electron chi connectivity index (χ2n) is 4.46. The standard InChI is InChI=1S/C11H22/c1-5-8(2)10(4)11-7-6-9(11)3/h8-11H,5-7H2,1-4H3. The zero-order chi connectivity index (χ0) is 8.43. The molecule has 1 aliphatic rings. The molecule has 1 aliphatic carbocycles. The van der Waals surface area contributed by atoms with Gasteiger partial charge in [-0.15, -0.1) is 0 Å². The summed E-state index contributed by atoms with van der Waals surface area (Å²) in [6.45, 7) is 9.56. The fourth-order valence-corrected chi connectivity index (χ4v) is 2.27. The first-order chi connectivity index (χ1) is 5.16. The monoisotopic (exact) mass is 154 g/mol. The van der Waals surface area contributed by atoms with Crippen LogP contribution in [0.5, 0.6) is 0 Å². The van der Waals surface area contributed by atoms with Crippen molar-refractivity contribution in [3.05, 3.63) is 0 Å². The first kappa shape index (κ1) is 9.09. The molecule has 1 fully saturated rings. The van der Waals surface area contributed by atoms with E-state index in [1.807, 2.05) is 0 Å². The highest BCUT2D eigenvalue weighted by Crippen LogP contribution is 2.42. The summed E-state index contributed by atoms with van der Waals surface area (Å²) in [5.74, 6) is 3.95. The molecule has 1 saturated carbocycles. The van der Waals surface area contributed by atoms with Gasteiger partial charge < -0.3 is 0 Å². The predicted octanol–water partition coefficient (Wildman–Crippen LogP) is 3.71. The lowest BCUT2D eigenvalue weighted by atomic mass is 9.65. The maximum Gasteiger partial charge on any atom is -0.0360 e. The molecule has 0 bridgehead atoms. The van der Waals surface area contributed by atoms with Crippen LogP contribution in [-0.2, 0) is 0 Å². The van der Waals surface area contributed by atoms with Crippen molar-refractivity contribution in [1.82, 2.24) is 0 Å². The van der Waals surface area contributed by atoms with Crippen LogP contribution < -0.4 is 0 Å². The first-order valence-corrected chi connectivity index (χ1v) is 5.16. The molecule has 0 spiro atoms. The summed E-state index contributed by atoms with van der Waals surface area (Å²) in [6, 6.07) is 0. The molecular weight excluding hydrogens is 132 g/mol. The van der Waals surface area contributed by atoms with Crippen molar-refractivity contribution in [2.24, 2.45) is 23.7 Å². The molecular formula is C11H22. The molecule has 0 aromatic rings. The van der Waals surface area contributed by atoms with E-state index in [4.69, 9.17) is 0 Å². The van der Waals surface area contributed by atoms with Crippen LogP contribution >= 0.6 is 0 Å². The quantitative estimate of drug-likeness (QED) is 0.581. The van der Waals surface area contributed by atoms with E-state index in [2.05, 4.69) is 27.7 Å². The Morgan fingerprint density at radius 3 is 2.18 bits per heavy atom. The van der Waals surface area contributed by atoms with Gasteiger partial charge in [-0.2, -0.15) is 0 Å². The Bertz CT molecular complexity index is 117. The van der Waals surface area contributed by atoms with Crippen molar-refractivity contribution in [2.45, 2.75) is 47.0 Å². The lowest BCUT2D eigenvalue weighted by Gasteiger charge is -2.41. The average Bonchev–Trinajstić information content (AvgIpc) is 2.00. The van der Waals surface area contributed by atoms with E-state index < -0.39 is 0 Å². The van der Waals surface area contributed by atoms with Gasteiger partial charge in [0, 0.05) is 0 Å². The summed E-state index contributed by atoms with van der Waals surface area (Å²) < 4.78 is 0. The molecule has 0 aliphatic heterocycles. The Hall–Kier alpha value is 0. The van der Waals surface area contributed by atoms with Gasteiger partial charge in [0.1, 0.15) is 0 Å². The van der Waals surface area contributed by atoms with Crippen molar-refractivity contribution in [2.75, 3.05) is 0 Å². The van der Waals surface area contributed by atoms with Crippen molar-refractivity contribution in [1.29, 1.82) is 0 Å². The molecule has 0 heterocycles. The maximum atomic E-state index is 2.44. The van der Waals surface area contributed by atoms with Gasteiger partial charge in [0.2, 0.25) is 0 Å². The molecule has 4 unspecified atom stereocenters. The number of hydrogen-bond donors (Lipinski definition) is 0. The topological polar surface area (TPSA) is 0 Å². The minimum atomic E-state index is 0.933. The molecule has 0 aromatic carbocycles. The van der Waals surface area contributed by atoms with Crippen LogP contribution in [0, 0.1) is 23.7 Å². The largest absolute Gasteiger partial charge is 0.0651 e. The molecule has 66 valence electrons. The second kappa shape index (κ2) is 3.60. The van der Waals surface area contributed by atoms with E-state index in [1.165, 1.54) is 19.3 Å². The number of rotatable bonds is 3. The van der Waals surface area contributed by atoms with E-state index in [0.717, 1.165) is 23.7 Å². The number of hydrogen-bond acceptors (Lipinski definition) is 0. The van der Waals surface area contributed by atoms with Gasteiger partial charge in [-0.05, 0) is 30.1 Å². The molecule has 0 N–H and O–H groups in total. The highest BCUT2D eigenvalue weighted by atomic mass is 14.4. The van der Waals surface area contributed by atoms with Crippen molar-refractivity contribution in [3.8, 4) is 0 Å². The summed E-state index contributed by atoms with van der Waals surface area (Å²) in [5, 5.41) is 0. The van der Waals surface area contributed by atoms with Gasteiger partial charge in [-0.25, -0.2) is 0 Å². The summed E-state index contributed by atoms with van der Waals surface area (Å²) >= 11 is 0. The summed E-state index contributed by atoms with van der Waals surface area (Å²) in [5.41, 5.74) is 0. The van der Waals surface area contributed by atoms with Gasteiger partial charge in [-0.3, -0.25) is 0 Å². The van der Waals surface area contributed by atoms with Gasteiger partial charge in [0.25, 0.3) is 0 Å². The minimum Gasteiger partial charge on any atom is -0.0651 e. The Morgan fingerprint density at radius 2 is 1.91 bits per heavy atom. The van der Waals surface area contributed by atoms with Gasteiger partial charge in [-0.1, -0.05) is 40.5 Å². The predicted molar refractivity (Wildman–Crippen MR) is 50.5 cm³/mol. The van der Waals surface area contributed by atoms with E-state index in [0.29, 0.717) is 0 Å². The third-order valence-electron chi connectivity index (χ3n) is 3.90. The van der Waals surface area contributed by atoms with Crippen LogP contribution in [0.4, 0.5) is 0 Å². The molecule has 11 heavy (non-hydrogen) atoms. The fraction of sp³-hybridized carbons (Fsp3) is 1.00. The molecule has 0 radical (unpaired) electrons. The molecule has 0 nitrogen and oxygen atoms in total. The highest BCUT2D eigenvalue weighted by molar-refractivity contribution is 4.83. The van der Waals surface area contributed by atoms with Crippen LogP contribution in [0.1, 0.15) is 47.0 Å². The summed E-state index contributed by atoms with van der Waals surface area (Å²) in [4.78, 5) is 0. The molecule has 0 saturated heterocycles. The SMILES string of the molecule is CCC(C)C(C)C1CCC1C. The Morgan fingerprint density at radius 1 is 1.27 bits per heavy atom. The van der Waals surface area contributed by atoms with Crippen molar-refractivity contribution < 1.29 is 0 Å². The van der Waals surface area contributed by atoms with Gasteiger partial charge in [0.15, 0.2) is 0 Å². The van der Waals surface area contributed by atoms with E-state index in [9.17, 15) is 0 Å². The van der Waals surface area contributed by atoms with Crippen molar-refractivity contribution in [3.63, 3.8) is 0 Å². The molecule has 0 amide bonds. The third kappa shape index (κ3) is 1.77. The van der Waals surface area contributed by atoms with Crippen LogP contribution in [0.3, 0.4) is 0 Å². The van der Waals surface area contributed by atoms with Crippen molar-refractivity contribution >= 4 is 0 Å². The normalized spacial score (nSPS) is 36.0. The van der Waals surface area contributed by atoms with Gasteiger partial charge >= 0.3 is 0 Å². The van der Waals surface area contributed by atoms with Crippen LogP contribution in [0.15, 0.2) is 0 Å². The Kier molecular flexibility index (Phi) is 2.98. The second-order valence-corrected chi connectivity index (χ2v) is 4.46. The molecule has 4 atom stereocenters. The van der Waals surface area contributed by atoms with E-state index in [-0.39, 0.29) is 0 Å². The Balaban J connectivity index is 2.34. The van der Waals surface area contributed by atoms with Gasteiger partial charge in [0.05, 0.1) is 0 Å². The fourth-order valence-electron chi connectivity index (χ4n) is 2.27. The summed E-state index contributed by atoms with van der Waals surface area (Å²) in [6.07, 6.45) is 4.32. The van der Waals surface area contributed by atoms with E-state index >= 15 is 0 Å². The molecule has 0 heteroatoms. The first-order valence-electron chi connectivity index (χ1n) is 5.16. The molecule has 1 rings (SSSR count). The smallest absolute Gasteiger partial charge is 0.0360 e. The average molecular weight is 154 g/mol. The lowest BCUT2D eigenvalue weighted by molar-refractivity contribution is 0.0934. The summed E-state index contributed by atoms with van der Waals surface area (Å²) in [7, 11) is 0. The maximum absolute atomic E-state index is 2.44. The van der Waals surface area contributed by atoms with Crippen LogP contribution in [0.25, 0.3) is 0 Å². The van der Waals surface area contributed by atoms with Crippen LogP contribution in [-0.4, -0.2) is 0 Å². The third-order valence-corrected chi connectivity index (χ3v) is 3.90. The Labute approximate surface area is 71.4 Å². The van der Waals surface area contributed by atoms with Crippen LogP contribution in [0.2, 0.25) is 0 Å². The van der Waals surface area contributed by atoms with E-state index in [1.54, 1.807) is 0 Å². The minimum absolute atomic E-state index is 0.933. The zero-order valence-corrected chi connectivity index (χ0v) is 8.43. The highest BCUT2D eigenvalue weighted by Gasteiger charge is 2.33. The lowest BCUT2D eigenvalue weighted by Crippen LogP contribution is -2.32.